The van der Waals surface area contributed by atoms with E-state index in [1.165, 1.54) is 0 Å². The van der Waals surface area contributed by atoms with Crippen molar-refractivity contribution in [3.8, 4) is 0 Å². The highest BCUT2D eigenvalue weighted by atomic mass is 16.1. The quantitative estimate of drug-likeness (QED) is 0.818. The Morgan fingerprint density at radius 1 is 1.45 bits per heavy atom. The van der Waals surface area contributed by atoms with Crippen LogP contribution in [0.3, 0.4) is 0 Å². The zero-order chi connectivity index (χ0) is 15.0. The molecule has 0 saturated heterocycles. The van der Waals surface area contributed by atoms with Gasteiger partial charge in [0.2, 0.25) is 0 Å². The molecule has 111 valence electrons. The predicted molar refractivity (Wildman–Crippen MR) is 89.2 cm³/mol. The van der Waals surface area contributed by atoms with Crippen molar-refractivity contribution >= 4 is 18.6 Å². The molecule has 1 aromatic carbocycles. The van der Waals surface area contributed by atoms with Crippen molar-refractivity contribution in [3.63, 3.8) is 0 Å². The van der Waals surface area contributed by atoms with Gasteiger partial charge in [0.25, 0.3) is 5.91 Å². The van der Waals surface area contributed by atoms with Gasteiger partial charge in [-0.2, -0.15) is 0 Å². The molecule has 20 heavy (non-hydrogen) atoms. The van der Waals surface area contributed by atoms with Crippen LogP contribution in [-0.2, 0) is 0 Å². The Morgan fingerprint density at radius 2 is 2.15 bits per heavy atom. The average molecular weight is 275 g/mol. The highest BCUT2D eigenvalue weighted by Gasteiger charge is 2.05. The monoisotopic (exact) mass is 275 g/mol. The van der Waals surface area contributed by atoms with E-state index in [4.69, 9.17) is 0 Å². The lowest BCUT2D eigenvalue weighted by atomic mass is 10.1. The summed E-state index contributed by atoms with van der Waals surface area (Å²) in [6, 6.07) is 5.50. The van der Waals surface area contributed by atoms with Crippen molar-refractivity contribution < 1.29 is 7.65 Å². The molecule has 0 atom stereocenters. The van der Waals surface area contributed by atoms with E-state index in [1.807, 2.05) is 18.2 Å². The summed E-state index contributed by atoms with van der Waals surface area (Å²) in [5, 5.41) is 4.77. The molecule has 1 rings (SSSR count). The topological polar surface area (TPSA) is 32.3 Å². The highest BCUT2D eigenvalue weighted by molar-refractivity contribution is 5.94. The summed E-state index contributed by atoms with van der Waals surface area (Å²) in [6.45, 7) is 15.4. The van der Waals surface area contributed by atoms with Crippen molar-refractivity contribution in [1.82, 2.24) is 10.2 Å². The van der Waals surface area contributed by atoms with Gasteiger partial charge in [-0.25, -0.2) is 0 Å². The molecule has 3 heteroatoms. The van der Waals surface area contributed by atoms with Crippen LogP contribution < -0.4 is 15.8 Å². The first-order valence-electron chi connectivity index (χ1n) is 7.04. The SMILES string of the molecule is C=C/C=c1/cc(C(=O)NCCN(CC)CC)ccc1=C.[HH].[H]. The van der Waals surface area contributed by atoms with E-state index in [0.29, 0.717) is 12.1 Å². The number of rotatable bonds is 7. The van der Waals surface area contributed by atoms with Gasteiger partial charge < -0.3 is 10.2 Å². The maximum atomic E-state index is 12.1. The van der Waals surface area contributed by atoms with Gasteiger partial charge in [0.1, 0.15) is 0 Å². The molecule has 0 saturated carbocycles. The van der Waals surface area contributed by atoms with E-state index in [2.05, 4.69) is 37.2 Å². The van der Waals surface area contributed by atoms with Crippen molar-refractivity contribution in [1.29, 1.82) is 0 Å². The fourth-order valence-corrected chi connectivity index (χ4v) is 1.99. The second-order valence-corrected chi connectivity index (χ2v) is 4.60. The van der Waals surface area contributed by atoms with Gasteiger partial charge in [-0.15, -0.1) is 0 Å². The van der Waals surface area contributed by atoms with Gasteiger partial charge in [-0.1, -0.05) is 45.2 Å². The molecule has 0 aliphatic heterocycles. The highest BCUT2D eigenvalue weighted by Crippen LogP contribution is 1.93. The lowest BCUT2D eigenvalue weighted by Crippen LogP contribution is -2.35. The molecule has 0 heterocycles. The van der Waals surface area contributed by atoms with Crippen molar-refractivity contribution in [2.45, 2.75) is 13.8 Å². The number of likely N-dealkylation sites (N-methyl/N-ethyl adjacent to an activating group) is 1. The number of benzene rings is 1. The number of carbonyl (C=O) groups is 1. The second kappa shape index (κ2) is 8.33. The number of allylic oxidation sites excluding steroid dienone is 1. The molecule has 0 aliphatic rings. The van der Waals surface area contributed by atoms with Crippen LogP contribution in [0.25, 0.3) is 12.7 Å². The lowest BCUT2D eigenvalue weighted by Gasteiger charge is -2.17. The predicted octanol–water partition coefficient (Wildman–Crippen LogP) is 1.49. The van der Waals surface area contributed by atoms with Gasteiger partial charge >= 0.3 is 0 Å². The van der Waals surface area contributed by atoms with Crippen LogP contribution in [0, 0.1) is 0 Å². The van der Waals surface area contributed by atoms with Gasteiger partial charge in [0.05, 0.1) is 0 Å². The summed E-state index contributed by atoms with van der Waals surface area (Å²) in [5.74, 6) is -0.0455. The zero-order valence-electron chi connectivity index (χ0n) is 13.5. The summed E-state index contributed by atoms with van der Waals surface area (Å²) >= 11 is 0. The van der Waals surface area contributed by atoms with E-state index in [-0.39, 0.29) is 8.76 Å². The fourth-order valence-electron chi connectivity index (χ4n) is 1.99. The Bertz CT molecular complexity index is 569. The molecule has 0 unspecified atom stereocenters. The Balaban J connectivity index is 0. The molecule has 3 nitrogen and oxygen atoms in total. The lowest BCUT2D eigenvalue weighted by molar-refractivity contribution is 0.0949. The summed E-state index contributed by atoms with van der Waals surface area (Å²) in [7, 11) is 0. The largest absolute Gasteiger partial charge is 0.351 e. The minimum atomic E-state index is -0.0455. The number of carbonyl (C=O) groups excluding carboxylic acids is 1. The van der Waals surface area contributed by atoms with E-state index in [9.17, 15) is 4.79 Å². The van der Waals surface area contributed by atoms with Crippen molar-refractivity contribution in [2.75, 3.05) is 26.2 Å². The first-order valence-corrected chi connectivity index (χ1v) is 7.04. The Kier molecular flexibility index (Phi) is 6.74. The molecule has 0 aliphatic carbocycles. The average Bonchev–Trinajstić information content (AvgIpc) is 2.46. The Hall–Kier alpha value is -1.87. The maximum Gasteiger partial charge on any atom is 0.251 e. The minimum absolute atomic E-state index is 0. The molecule has 0 bridgehead atoms. The smallest absolute Gasteiger partial charge is 0.251 e. The third-order valence-corrected chi connectivity index (χ3v) is 3.31. The van der Waals surface area contributed by atoms with Crippen LogP contribution in [0.1, 0.15) is 27.1 Å². The second-order valence-electron chi connectivity index (χ2n) is 4.60. The van der Waals surface area contributed by atoms with Crippen LogP contribution in [0.5, 0.6) is 0 Å². The maximum absolute atomic E-state index is 12.1. The first-order chi connectivity index (χ1) is 9.62. The van der Waals surface area contributed by atoms with Crippen LogP contribution in [0.15, 0.2) is 30.9 Å². The molecule has 1 amide bonds. The van der Waals surface area contributed by atoms with Crippen LogP contribution in [-0.4, -0.2) is 37.0 Å². The normalized spacial score (nSPS) is 11.7. The number of nitrogens with one attached hydrogen (secondary N) is 1. The number of hydrogen-bond donors (Lipinski definition) is 1. The van der Waals surface area contributed by atoms with Crippen molar-refractivity contribution in [3.05, 3.63) is 46.9 Å². The van der Waals surface area contributed by atoms with E-state index < -0.39 is 0 Å². The number of amides is 1. The molecular weight excluding hydrogens is 248 g/mol. The molecule has 0 spiro atoms. The molecule has 1 N–H and O–H groups in total. The fraction of sp³-hybridized carbons (Fsp3) is 0.353. The van der Waals surface area contributed by atoms with Crippen LogP contribution >= 0.6 is 0 Å². The molecule has 0 fully saturated rings. The first kappa shape index (κ1) is 16.2. The van der Waals surface area contributed by atoms with Gasteiger partial charge in [0.15, 0.2) is 0 Å². The standard InChI is InChI=1S/C17H24N2O.H2.H/c1-5-8-15-13-16(10-9-14(15)4)17(20)18-11-12-19(6-2)7-3;;/h5,8-10,13H,1,4,6-7,11-12H2,2-3H3,(H,18,20);1H;/b15-8-;;. The van der Waals surface area contributed by atoms with Gasteiger partial charge in [-0.3, -0.25) is 4.79 Å². The van der Waals surface area contributed by atoms with Gasteiger partial charge in [-0.05, 0) is 35.7 Å². The van der Waals surface area contributed by atoms with Crippen LogP contribution in [0.2, 0.25) is 0 Å². The third-order valence-electron chi connectivity index (χ3n) is 3.31. The third kappa shape index (κ3) is 4.67. The van der Waals surface area contributed by atoms with Gasteiger partial charge in [0, 0.05) is 21.5 Å². The summed E-state index contributed by atoms with van der Waals surface area (Å²) < 4.78 is 0. The Labute approximate surface area is 124 Å². The van der Waals surface area contributed by atoms with E-state index in [1.54, 1.807) is 12.1 Å². The Morgan fingerprint density at radius 3 is 2.75 bits per heavy atom. The molecular formula is C17H27N2O. The van der Waals surface area contributed by atoms with Crippen molar-refractivity contribution in [2.24, 2.45) is 0 Å². The summed E-state index contributed by atoms with van der Waals surface area (Å²) in [4.78, 5) is 14.4. The zero-order valence-corrected chi connectivity index (χ0v) is 12.5. The summed E-state index contributed by atoms with van der Waals surface area (Å²) in [6.07, 6.45) is 3.56. The molecule has 1 aromatic rings. The number of hydrogen-bond acceptors (Lipinski definition) is 2. The summed E-state index contributed by atoms with van der Waals surface area (Å²) in [5.41, 5.74) is 0.657. The number of nitrogens with zero attached hydrogens (tertiary/aromatic N) is 1. The molecule has 1 radical (unpaired) electrons. The molecule has 0 aromatic heterocycles. The minimum Gasteiger partial charge on any atom is -0.351 e. The van der Waals surface area contributed by atoms with Crippen LogP contribution in [0.4, 0.5) is 0 Å². The van der Waals surface area contributed by atoms with E-state index in [0.717, 1.165) is 30.1 Å². The van der Waals surface area contributed by atoms with E-state index >= 15 is 0 Å².